The fourth-order valence-electron chi connectivity index (χ4n) is 1.63. The van der Waals surface area contributed by atoms with Gasteiger partial charge < -0.3 is 10.1 Å². The van der Waals surface area contributed by atoms with Gasteiger partial charge in [-0.1, -0.05) is 27.7 Å². The first-order valence-corrected chi connectivity index (χ1v) is 6.01. The molecule has 0 aliphatic rings. The molecule has 1 atom stereocenters. The van der Waals surface area contributed by atoms with Crippen LogP contribution in [-0.2, 0) is 4.74 Å². The number of hydrogen-bond donors (Lipinski definition) is 1. The summed E-state index contributed by atoms with van der Waals surface area (Å²) in [7, 11) is 0. The van der Waals surface area contributed by atoms with E-state index in [9.17, 15) is 0 Å². The number of ether oxygens (including phenoxy) is 1. The Morgan fingerprint density at radius 1 is 1.14 bits per heavy atom. The van der Waals surface area contributed by atoms with Crippen molar-refractivity contribution in [3.05, 3.63) is 0 Å². The summed E-state index contributed by atoms with van der Waals surface area (Å²) in [5.41, 5.74) is 0. The molecule has 0 saturated heterocycles. The summed E-state index contributed by atoms with van der Waals surface area (Å²) in [4.78, 5) is 0. The Balaban J connectivity index is 3.51. The first-order chi connectivity index (χ1) is 6.70. The molecule has 0 aliphatic carbocycles. The van der Waals surface area contributed by atoms with Crippen LogP contribution in [0.1, 0.15) is 47.0 Å². The number of nitrogens with one attached hydrogen (secondary N) is 1. The van der Waals surface area contributed by atoms with Crippen LogP contribution in [0.5, 0.6) is 0 Å². The smallest absolute Gasteiger partial charge is 0.0480 e. The highest BCUT2D eigenvalue weighted by atomic mass is 16.5. The van der Waals surface area contributed by atoms with E-state index >= 15 is 0 Å². The third-order valence-corrected chi connectivity index (χ3v) is 2.21. The minimum atomic E-state index is 0.636. The topological polar surface area (TPSA) is 21.3 Å². The van der Waals surface area contributed by atoms with Crippen molar-refractivity contribution in [3.8, 4) is 0 Å². The molecule has 1 unspecified atom stereocenters. The van der Waals surface area contributed by atoms with Crippen LogP contribution >= 0.6 is 0 Å². The van der Waals surface area contributed by atoms with Crippen LogP contribution in [-0.4, -0.2) is 25.8 Å². The summed E-state index contributed by atoms with van der Waals surface area (Å²) in [5.74, 6) is 0.769. The Labute approximate surface area is 89.4 Å². The minimum Gasteiger partial charge on any atom is -0.381 e. The molecule has 0 radical (unpaired) electrons. The molecule has 0 rings (SSSR count). The third-order valence-electron chi connectivity index (χ3n) is 2.21. The first-order valence-electron chi connectivity index (χ1n) is 6.01. The quantitative estimate of drug-likeness (QED) is 0.579. The standard InChI is InChI=1S/C12H27NO/c1-5-8-14-9-7-12(13-6-2)10-11(3)4/h11-13H,5-10H2,1-4H3. The van der Waals surface area contributed by atoms with Gasteiger partial charge in [-0.15, -0.1) is 0 Å². The highest BCUT2D eigenvalue weighted by molar-refractivity contribution is 4.67. The number of rotatable bonds is 9. The summed E-state index contributed by atoms with van der Waals surface area (Å²) in [6.45, 7) is 11.7. The molecule has 0 fully saturated rings. The highest BCUT2D eigenvalue weighted by Crippen LogP contribution is 2.07. The zero-order valence-electron chi connectivity index (χ0n) is 10.3. The van der Waals surface area contributed by atoms with Gasteiger partial charge in [0.1, 0.15) is 0 Å². The van der Waals surface area contributed by atoms with Gasteiger partial charge in [0.05, 0.1) is 0 Å². The van der Waals surface area contributed by atoms with Crippen LogP contribution < -0.4 is 5.32 Å². The molecule has 14 heavy (non-hydrogen) atoms. The summed E-state index contributed by atoms with van der Waals surface area (Å²) in [5, 5.41) is 3.51. The van der Waals surface area contributed by atoms with Crippen LogP contribution in [0.3, 0.4) is 0 Å². The highest BCUT2D eigenvalue weighted by Gasteiger charge is 2.08. The van der Waals surface area contributed by atoms with Gasteiger partial charge in [-0.3, -0.25) is 0 Å². The molecule has 1 N–H and O–H groups in total. The van der Waals surface area contributed by atoms with Crippen LogP contribution in [0.25, 0.3) is 0 Å². The second-order valence-corrected chi connectivity index (χ2v) is 4.29. The molecule has 0 aromatic rings. The third kappa shape index (κ3) is 8.52. The fourth-order valence-corrected chi connectivity index (χ4v) is 1.63. The van der Waals surface area contributed by atoms with Gasteiger partial charge in [-0.2, -0.15) is 0 Å². The second-order valence-electron chi connectivity index (χ2n) is 4.29. The lowest BCUT2D eigenvalue weighted by Gasteiger charge is -2.19. The van der Waals surface area contributed by atoms with Crippen molar-refractivity contribution >= 4 is 0 Å². The lowest BCUT2D eigenvalue weighted by molar-refractivity contribution is 0.122. The van der Waals surface area contributed by atoms with Crippen LogP contribution in [0, 0.1) is 5.92 Å². The van der Waals surface area contributed by atoms with E-state index in [2.05, 4.69) is 33.0 Å². The molecular formula is C12H27NO. The Kier molecular flexibility index (Phi) is 9.42. The summed E-state index contributed by atoms with van der Waals surface area (Å²) in [6.07, 6.45) is 3.52. The predicted octanol–water partition coefficient (Wildman–Crippen LogP) is 2.83. The first kappa shape index (κ1) is 13.9. The summed E-state index contributed by atoms with van der Waals surface area (Å²) in [6, 6.07) is 0.636. The van der Waals surface area contributed by atoms with Gasteiger partial charge in [0.2, 0.25) is 0 Å². The molecule has 0 saturated carbocycles. The molecule has 0 bridgehead atoms. The Bertz CT molecular complexity index is 115. The van der Waals surface area contributed by atoms with Gasteiger partial charge in [0, 0.05) is 19.3 Å². The molecule has 0 aromatic heterocycles. The van der Waals surface area contributed by atoms with E-state index in [0.29, 0.717) is 6.04 Å². The minimum absolute atomic E-state index is 0.636. The van der Waals surface area contributed by atoms with E-state index in [1.54, 1.807) is 0 Å². The number of hydrogen-bond acceptors (Lipinski definition) is 2. The Morgan fingerprint density at radius 3 is 2.36 bits per heavy atom. The monoisotopic (exact) mass is 201 g/mol. The largest absolute Gasteiger partial charge is 0.381 e. The fraction of sp³-hybridized carbons (Fsp3) is 1.00. The molecule has 2 nitrogen and oxygen atoms in total. The molecule has 86 valence electrons. The molecule has 0 heterocycles. The van der Waals surface area contributed by atoms with Crippen molar-refractivity contribution in [2.75, 3.05) is 19.8 Å². The van der Waals surface area contributed by atoms with Crippen molar-refractivity contribution in [3.63, 3.8) is 0 Å². The summed E-state index contributed by atoms with van der Waals surface area (Å²) >= 11 is 0. The van der Waals surface area contributed by atoms with Gasteiger partial charge in [0.15, 0.2) is 0 Å². The van der Waals surface area contributed by atoms with Crippen LogP contribution in [0.4, 0.5) is 0 Å². The van der Waals surface area contributed by atoms with Crippen molar-refractivity contribution in [1.29, 1.82) is 0 Å². The molecule has 0 aliphatic heterocycles. The van der Waals surface area contributed by atoms with Crippen molar-refractivity contribution in [2.45, 2.75) is 53.0 Å². The maximum atomic E-state index is 5.50. The normalized spacial score (nSPS) is 13.5. The van der Waals surface area contributed by atoms with E-state index in [0.717, 1.165) is 38.5 Å². The lowest BCUT2D eigenvalue weighted by atomic mass is 10.0. The molecule has 0 spiro atoms. The maximum absolute atomic E-state index is 5.50. The van der Waals surface area contributed by atoms with Gasteiger partial charge in [-0.25, -0.2) is 0 Å². The van der Waals surface area contributed by atoms with E-state index in [1.807, 2.05) is 0 Å². The molecule has 0 aromatic carbocycles. The Morgan fingerprint density at radius 2 is 1.86 bits per heavy atom. The van der Waals surface area contributed by atoms with Crippen molar-refractivity contribution < 1.29 is 4.74 Å². The second kappa shape index (κ2) is 9.47. The van der Waals surface area contributed by atoms with E-state index in [-0.39, 0.29) is 0 Å². The zero-order chi connectivity index (χ0) is 10.8. The van der Waals surface area contributed by atoms with E-state index in [1.165, 1.54) is 6.42 Å². The maximum Gasteiger partial charge on any atom is 0.0480 e. The lowest BCUT2D eigenvalue weighted by Crippen LogP contribution is -2.31. The average molecular weight is 201 g/mol. The van der Waals surface area contributed by atoms with E-state index in [4.69, 9.17) is 4.74 Å². The van der Waals surface area contributed by atoms with Gasteiger partial charge in [-0.05, 0) is 31.7 Å². The molecule has 0 amide bonds. The average Bonchev–Trinajstić information content (AvgIpc) is 2.12. The van der Waals surface area contributed by atoms with Crippen molar-refractivity contribution in [1.82, 2.24) is 5.32 Å². The SMILES string of the molecule is CCCOCCC(CC(C)C)NCC. The predicted molar refractivity (Wildman–Crippen MR) is 62.6 cm³/mol. The van der Waals surface area contributed by atoms with Gasteiger partial charge in [0.25, 0.3) is 0 Å². The van der Waals surface area contributed by atoms with E-state index < -0.39 is 0 Å². The van der Waals surface area contributed by atoms with Crippen LogP contribution in [0.2, 0.25) is 0 Å². The molecule has 2 heteroatoms. The zero-order valence-corrected chi connectivity index (χ0v) is 10.3. The van der Waals surface area contributed by atoms with Crippen LogP contribution in [0.15, 0.2) is 0 Å². The Hall–Kier alpha value is -0.0800. The molecular weight excluding hydrogens is 174 g/mol. The summed E-state index contributed by atoms with van der Waals surface area (Å²) < 4.78 is 5.50. The van der Waals surface area contributed by atoms with Gasteiger partial charge >= 0.3 is 0 Å². The van der Waals surface area contributed by atoms with Crippen molar-refractivity contribution in [2.24, 2.45) is 5.92 Å².